The Morgan fingerprint density at radius 3 is 2.70 bits per heavy atom. The third kappa shape index (κ3) is 7.48. The fourth-order valence-electron chi connectivity index (χ4n) is 1.91. The molecular formula is C16H28N2O2. The molecule has 0 aromatic heterocycles. The molecule has 0 aliphatic rings. The Labute approximate surface area is 122 Å². The normalized spacial score (nSPS) is 12.7. The molecule has 1 rings (SSSR count). The number of para-hydroxylation sites is 1. The third-order valence-corrected chi connectivity index (χ3v) is 3.11. The van der Waals surface area contributed by atoms with Crippen molar-refractivity contribution in [1.82, 2.24) is 10.2 Å². The number of unbranched alkanes of at least 4 members (excludes halogenated alkanes) is 1. The molecule has 1 aromatic rings. The van der Waals surface area contributed by atoms with Gasteiger partial charge in [0.15, 0.2) is 0 Å². The zero-order chi connectivity index (χ0) is 14.8. The van der Waals surface area contributed by atoms with Crippen LogP contribution in [0.15, 0.2) is 24.3 Å². The van der Waals surface area contributed by atoms with Crippen molar-refractivity contribution in [2.24, 2.45) is 0 Å². The molecule has 0 aliphatic carbocycles. The number of aliphatic hydroxyl groups excluding tert-OH is 1. The molecular weight excluding hydrogens is 252 g/mol. The lowest BCUT2D eigenvalue weighted by Gasteiger charge is -2.15. The zero-order valence-corrected chi connectivity index (χ0v) is 12.9. The molecule has 0 spiro atoms. The van der Waals surface area contributed by atoms with E-state index in [-0.39, 0.29) is 0 Å². The Morgan fingerprint density at radius 1 is 1.25 bits per heavy atom. The van der Waals surface area contributed by atoms with Crippen LogP contribution in [0.25, 0.3) is 0 Å². The summed E-state index contributed by atoms with van der Waals surface area (Å²) in [4.78, 5) is 2.19. The largest absolute Gasteiger partial charge is 0.491 e. The van der Waals surface area contributed by atoms with Gasteiger partial charge in [-0.05, 0) is 58.6 Å². The molecule has 1 unspecified atom stereocenters. The fourth-order valence-corrected chi connectivity index (χ4v) is 1.91. The van der Waals surface area contributed by atoms with Gasteiger partial charge in [-0.1, -0.05) is 18.2 Å². The monoisotopic (exact) mass is 280 g/mol. The maximum atomic E-state index is 9.85. The van der Waals surface area contributed by atoms with Crippen molar-refractivity contribution >= 4 is 0 Å². The van der Waals surface area contributed by atoms with E-state index in [0.717, 1.165) is 30.8 Å². The van der Waals surface area contributed by atoms with Gasteiger partial charge in [-0.3, -0.25) is 0 Å². The Kier molecular flexibility index (Phi) is 8.26. The van der Waals surface area contributed by atoms with E-state index >= 15 is 0 Å². The summed E-state index contributed by atoms with van der Waals surface area (Å²) >= 11 is 0. The highest BCUT2D eigenvalue weighted by Crippen LogP contribution is 2.16. The van der Waals surface area contributed by atoms with Crippen LogP contribution in [0.2, 0.25) is 0 Å². The van der Waals surface area contributed by atoms with Crippen LogP contribution in [-0.2, 0) is 0 Å². The van der Waals surface area contributed by atoms with Gasteiger partial charge in [-0.25, -0.2) is 0 Å². The topological polar surface area (TPSA) is 44.7 Å². The number of aryl methyl sites for hydroxylation is 1. The van der Waals surface area contributed by atoms with E-state index in [9.17, 15) is 5.11 Å². The molecule has 0 bridgehead atoms. The Bertz CT molecular complexity index is 369. The van der Waals surface area contributed by atoms with Gasteiger partial charge in [-0.2, -0.15) is 0 Å². The summed E-state index contributed by atoms with van der Waals surface area (Å²) in [6.45, 7) is 4.96. The first-order valence-corrected chi connectivity index (χ1v) is 7.31. The van der Waals surface area contributed by atoms with Gasteiger partial charge in [0.2, 0.25) is 0 Å². The predicted molar refractivity (Wildman–Crippen MR) is 83.3 cm³/mol. The van der Waals surface area contributed by atoms with Crippen LogP contribution < -0.4 is 10.1 Å². The maximum absolute atomic E-state index is 9.85. The smallest absolute Gasteiger partial charge is 0.122 e. The van der Waals surface area contributed by atoms with Crippen LogP contribution in [0.3, 0.4) is 0 Å². The van der Waals surface area contributed by atoms with Crippen molar-refractivity contribution < 1.29 is 9.84 Å². The molecule has 0 fully saturated rings. The number of rotatable bonds is 10. The minimum atomic E-state index is -0.469. The lowest BCUT2D eigenvalue weighted by molar-refractivity contribution is 0.106. The highest BCUT2D eigenvalue weighted by atomic mass is 16.5. The molecule has 0 saturated heterocycles. The molecule has 0 radical (unpaired) electrons. The number of nitrogens with one attached hydrogen (secondary N) is 1. The van der Waals surface area contributed by atoms with Gasteiger partial charge in [0.1, 0.15) is 18.5 Å². The van der Waals surface area contributed by atoms with E-state index < -0.39 is 6.10 Å². The summed E-state index contributed by atoms with van der Waals surface area (Å²) in [5.41, 5.74) is 1.09. The van der Waals surface area contributed by atoms with Gasteiger partial charge < -0.3 is 20.1 Å². The molecule has 0 heterocycles. The first-order chi connectivity index (χ1) is 9.59. The van der Waals surface area contributed by atoms with Gasteiger partial charge in [-0.15, -0.1) is 0 Å². The third-order valence-electron chi connectivity index (χ3n) is 3.11. The van der Waals surface area contributed by atoms with E-state index in [1.165, 1.54) is 6.42 Å². The standard InChI is InChI=1S/C16H28N2O2/c1-14-8-4-5-9-16(14)20-13-15(19)12-17-10-6-7-11-18(2)3/h4-5,8-9,15,17,19H,6-7,10-13H2,1-3H3. The van der Waals surface area contributed by atoms with E-state index in [0.29, 0.717) is 13.2 Å². The van der Waals surface area contributed by atoms with Crippen LogP contribution in [0.4, 0.5) is 0 Å². The minimum absolute atomic E-state index is 0.329. The van der Waals surface area contributed by atoms with E-state index in [1.54, 1.807) is 0 Å². The molecule has 0 aliphatic heterocycles. The van der Waals surface area contributed by atoms with Crippen LogP contribution >= 0.6 is 0 Å². The highest BCUT2D eigenvalue weighted by molar-refractivity contribution is 5.31. The summed E-state index contributed by atoms with van der Waals surface area (Å²) in [5, 5.41) is 13.1. The number of nitrogens with zero attached hydrogens (tertiary/aromatic N) is 1. The van der Waals surface area contributed by atoms with Crippen molar-refractivity contribution in [3.8, 4) is 5.75 Å². The lowest BCUT2D eigenvalue weighted by atomic mass is 10.2. The van der Waals surface area contributed by atoms with E-state index in [2.05, 4.69) is 24.3 Å². The van der Waals surface area contributed by atoms with Gasteiger partial charge in [0.05, 0.1) is 0 Å². The lowest BCUT2D eigenvalue weighted by Crippen LogP contribution is -2.32. The van der Waals surface area contributed by atoms with Crippen molar-refractivity contribution in [2.45, 2.75) is 25.9 Å². The second kappa shape index (κ2) is 9.75. The Balaban J connectivity index is 2.06. The second-order valence-corrected chi connectivity index (χ2v) is 5.44. The maximum Gasteiger partial charge on any atom is 0.122 e. The minimum Gasteiger partial charge on any atom is -0.491 e. The fraction of sp³-hybridized carbons (Fsp3) is 0.625. The predicted octanol–water partition coefficient (Wildman–Crippen LogP) is 1.67. The van der Waals surface area contributed by atoms with Gasteiger partial charge in [0, 0.05) is 6.54 Å². The van der Waals surface area contributed by atoms with Crippen LogP contribution in [0.1, 0.15) is 18.4 Å². The summed E-state index contributed by atoms with van der Waals surface area (Å²) in [6, 6.07) is 7.85. The Hall–Kier alpha value is -1.10. The van der Waals surface area contributed by atoms with Crippen LogP contribution in [-0.4, -0.2) is 56.4 Å². The van der Waals surface area contributed by atoms with Crippen molar-refractivity contribution in [2.75, 3.05) is 40.3 Å². The average molecular weight is 280 g/mol. The second-order valence-electron chi connectivity index (χ2n) is 5.44. The molecule has 20 heavy (non-hydrogen) atoms. The van der Waals surface area contributed by atoms with E-state index in [4.69, 9.17) is 4.74 Å². The highest BCUT2D eigenvalue weighted by Gasteiger charge is 2.05. The molecule has 0 saturated carbocycles. The van der Waals surface area contributed by atoms with Crippen molar-refractivity contribution in [1.29, 1.82) is 0 Å². The molecule has 4 nitrogen and oxygen atoms in total. The summed E-state index contributed by atoms with van der Waals surface area (Å²) in [6.07, 6.45) is 1.84. The number of ether oxygens (including phenoxy) is 1. The summed E-state index contributed by atoms with van der Waals surface area (Å²) < 4.78 is 5.61. The van der Waals surface area contributed by atoms with Crippen LogP contribution in [0.5, 0.6) is 5.75 Å². The molecule has 2 N–H and O–H groups in total. The van der Waals surface area contributed by atoms with Gasteiger partial charge >= 0.3 is 0 Å². The van der Waals surface area contributed by atoms with Gasteiger partial charge in [0.25, 0.3) is 0 Å². The van der Waals surface area contributed by atoms with E-state index in [1.807, 2.05) is 31.2 Å². The van der Waals surface area contributed by atoms with Crippen LogP contribution in [0, 0.1) is 6.92 Å². The zero-order valence-electron chi connectivity index (χ0n) is 12.9. The van der Waals surface area contributed by atoms with Crippen molar-refractivity contribution in [3.05, 3.63) is 29.8 Å². The summed E-state index contributed by atoms with van der Waals surface area (Å²) in [7, 11) is 4.17. The van der Waals surface area contributed by atoms with Crippen molar-refractivity contribution in [3.63, 3.8) is 0 Å². The number of hydrogen-bond acceptors (Lipinski definition) is 4. The number of hydrogen-bond donors (Lipinski definition) is 2. The number of benzene rings is 1. The molecule has 0 amide bonds. The summed E-state index contributed by atoms with van der Waals surface area (Å²) in [5.74, 6) is 0.845. The first kappa shape index (κ1) is 17.0. The molecule has 114 valence electrons. The SMILES string of the molecule is Cc1ccccc1OCC(O)CNCCCCN(C)C. The first-order valence-electron chi connectivity index (χ1n) is 7.31. The Morgan fingerprint density at radius 2 is 2.00 bits per heavy atom. The molecule has 1 atom stereocenters. The average Bonchev–Trinajstić information content (AvgIpc) is 2.41. The molecule has 4 heteroatoms. The number of aliphatic hydroxyl groups is 1. The quantitative estimate of drug-likeness (QED) is 0.640. The molecule has 1 aromatic carbocycles.